The number of carbonyl (C=O) groups is 2. The summed E-state index contributed by atoms with van der Waals surface area (Å²) in [4.78, 5) is 27.8. The molecule has 6 heteroatoms. The van der Waals surface area contributed by atoms with E-state index >= 15 is 0 Å². The van der Waals surface area contributed by atoms with Gasteiger partial charge in [0, 0.05) is 0 Å². The first kappa shape index (κ1) is 28.1. The molecule has 1 saturated carbocycles. The van der Waals surface area contributed by atoms with E-state index in [0.29, 0.717) is 6.42 Å². The average Bonchev–Trinajstić information content (AvgIpc) is 3.17. The van der Waals surface area contributed by atoms with Crippen LogP contribution in [-0.2, 0) is 14.3 Å². The van der Waals surface area contributed by atoms with Gasteiger partial charge in [0.15, 0.2) is 0 Å². The fourth-order valence-corrected chi connectivity index (χ4v) is 21.8. The fourth-order valence-electron chi connectivity index (χ4n) is 6.16. The number of hydrogen-bond acceptors (Lipinski definition) is 4. The first-order chi connectivity index (χ1) is 16.9. The Balaban J connectivity index is 1.98. The Labute approximate surface area is 216 Å². The fraction of sp³-hybridized carbons (Fsp3) is 0.655. The molecule has 0 N–H and O–H groups in total. The predicted octanol–water partition coefficient (Wildman–Crippen LogP) is 6.92. The maximum atomic E-state index is 13.3. The van der Waals surface area contributed by atoms with Crippen LogP contribution in [0.1, 0.15) is 72.1 Å². The Hall–Kier alpha value is -1.50. The Morgan fingerprint density at radius 2 is 1.57 bits per heavy atom. The van der Waals surface area contributed by atoms with Crippen LogP contribution in [0.5, 0.6) is 5.75 Å². The van der Waals surface area contributed by atoms with Gasteiger partial charge in [-0.05, 0) is 0 Å². The van der Waals surface area contributed by atoms with E-state index in [2.05, 4.69) is 24.9 Å². The van der Waals surface area contributed by atoms with Crippen LogP contribution in [0.3, 0.4) is 0 Å². The summed E-state index contributed by atoms with van der Waals surface area (Å²) in [6.07, 6.45) is 8.81. The normalized spacial score (nSPS) is 22.8. The molecule has 0 spiro atoms. The van der Waals surface area contributed by atoms with Gasteiger partial charge < -0.3 is 0 Å². The van der Waals surface area contributed by atoms with E-state index in [-0.39, 0.29) is 29.8 Å². The number of rotatable bonds is 14. The third kappa shape index (κ3) is 6.44. The van der Waals surface area contributed by atoms with E-state index < -0.39 is 18.4 Å². The topological polar surface area (TPSA) is 55.8 Å². The molecule has 0 bridgehead atoms. The number of esters is 1. The van der Waals surface area contributed by atoms with Crippen LogP contribution in [0.4, 0.5) is 5.69 Å². The Morgan fingerprint density at radius 1 is 1.00 bits per heavy atom. The van der Waals surface area contributed by atoms with Gasteiger partial charge in [0.1, 0.15) is 0 Å². The minimum atomic E-state index is -2.58. The van der Waals surface area contributed by atoms with Gasteiger partial charge in [-0.25, -0.2) is 0 Å². The molecular weight excluding hydrogens is 545 g/mol. The molecule has 3 rings (SSSR count). The molecule has 3 atom stereocenters. The van der Waals surface area contributed by atoms with Gasteiger partial charge in [-0.3, -0.25) is 0 Å². The zero-order valence-corrected chi connectivity index (χ0v) is 25.3. The summed E-state index contributed by atoms with van der Waals surface area (Å²) in [6, 6.07) is 7.76. The summed E-state index contributed by atoms with van der Waals surface area (Å²) in [5, 5.41) is 0. The van der Waals surface area contributed by atoms with Crippen molar-refractivity contribution >= 4 is 35.9 Å². The standard InChI is InChI=1S/C17H18NO4.3C4H9.Sn/c1-10-8-14-16(13(10)9-15(19)22-3)18(17(14)20)11-4-6-12(21-2)7-5-11;3*1-3-4-2;/h1,4-7,13-14,16H,8-9H2,2-3H3;3*1,3-4H2,2H3;/t13-,14-,16+;;;;/m1..../s1. The van der Waals surface area contributed by atoms with Crippen LogP contribution in [-0.4, -0.2) is 50.5 Å². The molecule has 2 fully saturated rings. The van der Waals surface area contributed by atoms with Gasteiger partial charge >= 0.3 is 217 Å². The van der Waals surface area contributed by atoms with Crippen LogP contribution < -0.4 is 9.64 Å². The van der Waals surface area contributed by atoms with Crippen molar-refractivity contribution in [3.63, 3.8) is 0 Å². The molecule has 0 unspecified atom stereocenters. The Bertz CT molecular complexity index is 859. The number of β-lactam (4-membered cyclic amide) rings is 1. The number of amides is 1. The van der Waals surface area contributed by atoms with Crippen molar-refractivity contribution in [2.24, 2.45) is 11.8 Å². The zero-order valence-electron chi connectivity index (χ0n) is 22.5. The third-order valence-electron chi connectivity index (χ3n) is 8.15. The van der Waals surface area contributed by atoms with Crippen LogP contribution in [0.25, 0.3) is 0 Å². The van der Waals surface area contributed by atoms with E-state index in [1.807, 2.05) is 29.2 Å². The molecule has 1 saturated heterocycles. The third-order valence-corrected chi connectivity index (χ3v) is 22.5. The van der Waals surface area contributed by atoms with Crippen molar-refractivity contribution in [3.8, 4) is 5.75 Å². The van der Waals surface area contributed by atoms with Gasteiger partial charge in [-0.15, -0.1) is 0 Å². The van der Waals surface area contributed by atoms with E-state index in [1.165, 1.54) is 64.5 Å². The molecule has 1 heterocycles. The number of carbonyl (C=O) groups excluding carboxylic acids is 2. The first-order valence-electron chi connectivity index (χ1n) is 13.7. The second kappa shape index (κ2) is 13.2. The number of hydrogen-bond donors (Lipinski definition) is 0. The Morgan fingerprint density at radius 3 is 2.06 bits per heavy atom. The molecule has 0 radical (unpaired) electrons. The molecule has 35 heavy (non-hydrogen) atoms. The number of unbranched alkanes of at least 4 members (excludes halogenated alkanes) is 3. The van der Waals surface area contributed by atoms with E-state index in [4.69, 9.17) is 9.47 Å². The second-order valence-corrected chi connectivity index (χ2v) is 23.4. The minimum absolute atomic E-state index is 0.00878. The van der Waals surface area contributed by atoms with Gasteiger partial charge in [-0.2, -0.15) is 0 Å². The number of fused-ring (bicyclic) bond motifs is 1. The van der Waals surface area contributed by atoms with Crippen LogP contribution >= 0.6 is 0 Å². The van der Waals surface area contributed by atoms with E-state index in [1.54, 1.807) is 7.11 Å². The van der Waals surface area contributed by atoms with Crippen LogP contribution in [0.15, 0.2) is 33.9 Å². The molecule has 1 aromatic rings. The van der Waals surface area contributed by atoms with Gasteiger partial charge in [0.05, 0.1) is 0 Å². The number of ether oxygens (including phenoxy) is 2. The summed E-state index contributed by atoms with van der Waals surface area (Å²) in [5.74, 6) is 0.846. The predicted molar refractivity (Wildman–Crippen MR) is 145 cm³/mol. The SMILES string of the molecule is CCC[CH2][Sn](/[CH]=C1\C[C@H]2C(=O)N(c3ccc(OC)cc3)[C@H]2[C@@H]1CC(=O)OC)([CH2]CCC)[CH2]CCC. The second-order valence-electron chi connectivity index (χ2n) is 10.5. The van der Waals surface area contributed by atoms with E-state index in [9.17, 15) is 9.59 Å². The van der Waals surface area contributed by atoms with Crippen LogP contribution in [0, 0.1) is 11.8 Å². The van der Waals surface area contributed by atoms with Crippen molar-refractivity contribution in [2.75, 3.05) is 19.1 Å². The van der Waals surface area contributed by atoms with Crippen molar-refractivity contribution in [1.82, 2.24) is 0 Å². The van der Waals surface area contributed by atoms with Crippen molar-refractivity contribution in [3.05, 3.63) is 33.9 Å². The van der Waals surface area contributed by atoms with Crippen LogP contribution in [0.2, 0.25) is 13.3 Å². The summed E-state index contributed by atoms with van der Waals surface area (Å²) in [7, 11) is 3.12. The molecule has 1 aromatic carbocycles. The van der Waals surface area contributed by atoms with Gasteiger partial charge in [-0.1, -0.05) is 0 Å². The molecule has 194 valence electrons. The van der Waals surface area contributed by atoms with E-state index in [0.717, 1.165) is 17.9 Å². The monoisotopic (exact) mass is 591 g/mol. The summed E-state index contributed by atoms with van der Waals surface area (Å²) in [6.45, 7) is 6.89. The Kier molecular flexibility index (Phi) is 10.6. The summed E-state index contributed by atoms with van der Waals surface area (Å²) >= 11 is -2.58. The first-order valence-corrected chi connectivity index (χ1v) is 21.4. The number of nitrogens with zero attached hydrogens (tertiary/aromatic N) is 1. The molecule has 0 aromatic heterocycles. The zero-order chi connectivity index (χ0) is 25.4. The maximum absolute atomic E-state index is 13.3. The van der Waals surface area contributed by atoms with Gasteiger partial charge in [0.25, 0.3) is 0 Å². The molecule has 5 nitrogen and oxygen atoms in total. The number of methoxy groups -OCH3 is 2. The summed E-state index contributed by atoms with van der Waals surface area (Å²) in [5.41, 5.74) is 2.29. The summed E-state index contributed by atoms with van der Waals surface area (Å²) < 4.78 is 17.4. The molecule has 1 amide bonds. The van der Waals surface area contributed by atoms with Crippen molar-refractivity contribution in [2.45, 2.75) is 91.5 Å². The number of benzene rings is 1. The molecule has 1 aliphatic carbocycles. The van der Waals surface area contributed by atoms with Crippen molar-refractivity contribution < 1.29 is 19.1 Å². The quantitative estimate of drug-likeness (QED) is 0.134. The van der Waals surface area contributed by atoms with Crippen molar-refractivity contribution in [1.29, 1.82) is 0 Å². The molecule has 1 aliphatic heterocycles. The number of anilines is 1. The average molecular weight is 590 g/mol. The molecular formula is C29H45NO4Sn. The van der Waals surface area contributed by atoms with Gasteiger partial charge in [0.2, 0.25) is 0 Å². The molecule has 2 aliphatic rings.